The van der Waals surface area contributed by atoms with Gasteiger partial charge < -0.3 is 16.0 Å². The Balaban J connectivity index is 1.81. The third-order valence-corrected chi connectivity index (χ3v) is 4.99. The molecule has 5 nitrogen and oxygen atoms in total. The molecular weight excluding hydrogens is 298 g/mol. The predicted octanol–water partition coefficient (Wildman–Crippen LogP) is 2.28. The standard InChI is InChI=1S/C16H25N3O2S/c1-11(8-14-6-5-12(2)22-14)18-16(21)19-7-3-4-13(10-19)9-15(17)20/h5-6,11,13H,3-4,7-10H2,1-2H3,(H2,17,20)(H,18,21). The van der Waals surface area contributed by atoms with Gasteiger partial charge in [0.1, 0.15) is 0 Å². The van der Waals surface area contributed by atoms with Crippen molar-refractivity contribution in [3.05, 3.63) is 21.9 Å². The zero-order valence-electron chi connectivity index (χ0n) is 13.3. The SMILES string of the molecule is Cc1ccc(CC(C)NC(=O)N2CCCC(CC(N)=O)C2)s1. The molecular formula is C16H25N3O2S. The van der Waals surface area contributed by atoms with Gasteiger partial charge in [0.15, 0.2) is 0 Å². The molecule has 2 atom stereocenters. The summed E-state index contributed by atoms with van der Waals surface area (Å²) in [6.07, 6.45) is 3.12. The van der Waals surface area contributed by atoms with E-state index in [0.29, 0.717) is 13.0 Å². The smallest absolute Gasteiger partial charge is 0.317 e. The van der Waals surface area contributed by atoms with Gasteiger partial charge in [0.25, 0.3) is 0 Å². The number of nitrogens with one attached hydrogen (secondary N) is 1. The highest BCUT2D eigenvalue weighted by Crippen LogP contribution is 2.20. The molecule has 1 saturated heterocycles. The summed E-state index contributed by atoms with van der Waals surface area (Å²) in [6, 6.07) is 4.29. The van der Waals surface area contributed by atoms with Gasteiger partial charge in [-0.25, -0.2) is 4.79 Å². The molecule has 1 aliphatic rings. The molecule has 3 amide bonds. The monoisotopic (exact) mass is 323 g/mol. The van der Waals surface area contributed by atoms with Crippen molar-refractivity contribution in [3.63, 3.8) is 0 Å². The molecule has 6 heteroatoms. The van der Waals surface area contributed by atoms with Gasteiger partial charge >= 0.3 is 6.03 Å². The van der Waals surface area contributed by atoms with Crippen LogP contribution in [-0.2, 0) is 11.2 Å². The zero-order chi connectivity index (χ0) is 16.1. The number of thiophene rings is 1. The van der Waals surface area contributed by atoms with E-state index in [9.17, 15) is 9.59 Å². The number of urea groups is 1. The van der Waals surface area contributed by atoms with Crippen molar-refractivity contribution in [2.45, 2.75) is 45.6 Å². The van der Waals surface area contributed by atoms with E-state index in [1.807, 2.05) is 11.8 Å². The van der Waals surface area contributed by atoms with Gasteiger partial charge in [0.05, 0.1) is 0 Å². The molecule has 0 spiro atoms. The molecule has 22 heavy (non-hydrogen) atoms. The number of primary amides is 1. The summed E-state index contributed by atoms with van der Waals surface area (Å²) in [7, 11) is 0. The summed E-state index contributed by atoms with van der Waals surface area (Å²) in [4.78, 5) is 27.8. The number of piperidine rings is 1. The average molecular weight is 323 g/mol. The lowest BCUT2D eigenvalue weighted by Crippen LogP contribution is -2.48. The number of nitrogens with two attached hydrogens (primary N) is 1. The van der Waals surface area contributed by atoms with E-state index >= 15 is 0 Å². The molecule has 2 unspecified atom stereocenters. The van der Waals surface area contributed by atoms with Gasteiger partial charge in [-0.2, -0.15) is 0 Å². The number of aryl methyl sites for hydroxylation is 1. The molecule has 0 radical (unpaired) electrons. The van der Waals surface area contributed by atoms with Crippen LogP contribution in [0.1, 0.15) is 35.9 Å². The first-order chi connectivity index (χ1) is 10.4. The fourth-order valence-corrected chi connectivity index (χ4v) is 3.97. The minimum Gasteiger partial charge on any atom is -0.370 e. The molecule has 1 aliphatic heterocycles. The van der Waals surface area contributed by atoms with Crippen LogP contribution in [-0.4, -0.2) is 36.0 Å². The Morgan fingerprint density at radius 2 is 2.27 bits per heavy atom. The Labute approximate surface area is 135 Å². The third kappa shape index (κ3) is 5.02. The molecule has 0 bridgehead atoms. The Bertz CT molecular complexity index is 529. The van der Waals surface area contributed by atoms with Crippen LogP contribution >= 0.6 is 11.3 Å². The van der Waals surface area contributed by atoms with Crippen LogP contribution in [0.3, 0.4) is 0 Å². The van der Waals surface area contributed by atoms with Crippen LogP contribution in [0.25, 0.3) is 0 Å². The van der Waals surface area contributed by atoms with Gasteiger partial charge in [-0.05, 0) is 44.7 Å². The fourth-order valence-electron chi connectivity index (χ4n) is 2.95. The highest BCUT2D eigenvalue weighted by atomic mass is 32.1. The number of carbonyl (C=O) groups is 2. The molecule has 0 saturated carbocycles. The van der Waals surface area contributed by atoms with Gasteiger partial charge in [-0.3, -0.25) is 4.79 Å². The second-order valence-electron chi connectivity index (χ2n) is 6.19. The minimum absolute atomic E-state index is 0.0325. The van der Waals surface area contributed by atoms with Crippen molar-refractivity contribution in [3.8, 4) is 0 Å². The number of amides is 3. The van der Waals surface area contributed by atoms with Gasteiger partial charge in [0.2, 0.25) is 5.91 Å². The van der Waals surface area contributed by atoms with Gasteiger partial charge in [-0.15, -0.1) is 11.3 Å². The molecule has 1 fully saturated rings. The largest absolute Gasteiger partial charge is 0.370 e. The molecule has 0 aliphatic carbocycles. The second-order valence-corrected chi connectivity index (χ2v) is 7.56. The van der Waals surface area contributed by atoms with Crippen molar-refractivity contribution in [1.82, 2.24) is 10.2 Å². The molecule has 3 N–H and O–H groups in total. The first-order valence-corrected chi connectivity index (χ1v) is 8.64. The van der Waals surface area contributed by atoms with Crippen LogP contribution in [0.2, 0.25) is 0 Å². The Hall–Kier alpha value is -1.56. The third-order valence-electron chi connectivity index (χ3n) is 3.97. The first-order valence-electron chi connectivity index (χ1n) is 7.83. The maximum atomic E-state index is 12.3. The molecule has 122 valence electrons. The molecule has 2 rings (SSSR count). The van der Waals surface area contributed by atoms with E-state index in [4.69, 9.17) is 5.73 Å². The van der Waals surface area contributed by atoms with Crippen LogP contribution < -0.4 is 11.1 Å². The number of likely N-dealkylation sites (tertiary alicyclic amines) is 1. The molecule has 0 aromatic carbocycles. The zero-order valence-corrected chi connectivity index (χ0v) is 14.1. The fraction of sp³-hybridized carbons (Fsp3) is 0.625. The van der Waals surface area contributed by atoms with Crippen molar-refractivity contribution >= 4 is 23.3 Å². The van der Waals surface area contributed by atoms with Gasteiger partial charge in [0, 0.05) is 41.7 Å². The first kappa shape index (κ1) is 16.8. The minimum atomic E-state index is -0.284. The summed E-state index contributed by atoms with van der Waals surface area (Å²) < 4.78 is 0. The highest BCUT2D eigenvalue weighted by Gasteiger charge is 2.25. The summed E-state index contributed by atoms with van der Waals surface area (Å²) in [5.74, 6) is -0.0825. The van der Waals surface area contributed by atoms with Crippen molar-refractivity contribution in [1.29, 1.82) is 0 Å². The molecule has 1 aromatic rings. The lowest BCUT2D eigenvalue weighted by Gasteiger charge is -2.33. The number of hydrogen-bond donors (Lipinski definition) is 2. The number of nitrogens with zero attached hydrogens (tertiary/aromatic N) is 1. The van der Waals surface area contributed by atoms with E-state index in [1.165, 1.54) is 9.75 Å². The van der Waals surface area contributed by atoms with E-state index in [1.54, 1.807) is 11.3 Å². The number of hydrogen-bond acceptors (Lipinski definition) is 3. The van der Waals surface area contributed by atoms with Crippen molar-refractivity contribution in [2.75, 3.05) is 13.1 Å². The average Bonchev–Trinajstić information content (AvgIpc) is 2.83. The lowest BCUT2D eigenvalue weighted by atomic mass is 9.95. The second kappa shape index (κ2) is 7.63. The summed E-state index contributed by atoms with van der Waals surface area (Å²) in [5, 5.41) is 3.06. The van der Waals surface area contributed by atoms with Gasteiger partial charge in [-0.1, -0.05) is 0 Å². The maximum Gasteiger partial charge on any atom is 0.317 e. The normalized spacial score (nSPS) is 19.7. The van der Waals surface area contributed by atoms with Crippen molar-refractivity contribution < 1.29 is 9.59 Å². The quantitative estimate of drug-likeness (QED) is 0.872. The Morgan fingerprint density at radius 1 is 1.50 bits per heavy atom. The van der Waals surface area contributed by atoms with E-state index in [0.717, 1.165) is 25.8 Å². The number of rotatable bonds is 5. The molecule has 1 aromatic heterocycles. The molecule has 2 heterocycles. The summed E-state index contributed by atoms with van der Waals surface area (Å²) in [5.41, 5.74) is 5.26. The highest BCUT2D eigenvalue weighted by molar-refractivity contribution is 7.11. The maximum absolute atomic E-state index is 12.3. The van der Waals surface area contributed by atoms with Crippen LogP contribution in [0.4, 0.5) is 4.79 Å². The van der Waals surface area contributed by atoms with Crippen LogP contribution in [0.5, 0.6) is 0 Å². The predicted molar refractivity (Wildman–Crippen MR) is 88.9 cm³/mol. The summed E-state index contributed by atoms with van der Waals surface area (Å²) in [6.45, 7) is 5.49. The lowest BCUT2D eigenvalue weighted by molar-refractivity contribution is -0.119. The Kier molecular flexibility index (Phi) is 5.83. The van der Waals surface area contributed by atoms with E-state index < -0.39 is 0 Å². The van der Waals surface area contributed by atoms with Crippen LogP contribution in [0.15, 0.2) is 12.1 Å². The van der Waals surface area contributed by atoms with E-state index in [-0.39, 0.29) is 23.9 Å². The number of carbonyl (C=O) groups excluding carboxylic acids is 2. The topological polar surface area (TPSA) is 75.4 Å². The Morgan fingerprint density at radius 3 is 2.91 bits per heavy atom. The summed E-state index contributed by atoms with van der Waals surface area (Å²) >= 11 is 1.77. The van der Waals surface area contributed by atoms with Crippen molar-refractivity contribution in [2.24, 2.45) is 11.7 Å². The van der Waals surface area contributed by atoms with Crippen LogP contribution in [0, 0.1) is 12.8 Å². The van der Waals surface area contributed by atoms with E-state index in [2.05, 4.69) is 24.4 Å².